The molecule has 0 heterocycles. The van der Waals surface area contributed by atoms with E-state index in [-0.39, 0.29) is 11.4 Å². The number of carbonyl (C=O) groups is 1. The van der Waals surface area contributed by atoms with Crippen LogP contribution in [-0.4, -0.2) is 20.9 Å². The molecule has 1 N–H and O–H groups in total. The molecule has 0 radical (unpaired) electrons. The van der Waals surface area contributed by atoms with Crippen molar-refractivity contribution in [3.63, 3.8) is 0 Å². The molecule has 0 aliphatic carbocycles. The Morgan fingerprint density at radius 2 is 1.55 bits per heavy atom. The molecule has 0 atom stereocenters. The Morgan fingerprint density at radius 1 is 0.931 bits per heavy atom. The lowest BCUT2D eigenvalue weighted by molar-refractivity contribution is -0.114. The second-order valence-corrected chi connectivity index (χ2v) is 8.97. The van der Waals surface area contributed by atoms with Gasteiger partial charge in [-0.15, -0.1) is 0 Å². The summed E-state index contributed by atoms with van der Waals surface area (Å²) in [5.41, 5.74) is 2.86. The zero-order chi connectivity index (χ0) is 21.0. The Hall–Kier alpha value is -2.83. The quantitative estimate of drug-likeness (QED) is 0.613. The summed E-state index contributed by atoms with van der Waals surface area (Å²) in [5, 5.41) is 3.19. The molecule has 1 amide bonds. The molecule has 0 bridgehead atoms. The van der Waals surface area contributed by atoms with Crippen LogP contribution >= 0.6 is 11.6 Å². The molecule has 0 aliphatic heterocycles. The zero-order valence-electron chi connectivity index (χ0n) is 16.1. The average molecular weight is 429 g/mol. The highest BCUT2D eigenvalue weighted by Gasteiger charge is 2.28. The topological polar surface area (TPSA) is 66.5 Å². The summed E-state index contributed by atoms with van der Waals surface area (Å²) in [6, 6.07) is 20.2. The molecule has 5 nitrogen and oxygen atoms in total. The number of rotatable bonds is 6. The van der Waals surface area contributed by atoms with Gasteiger partial charge in [-0.2, -0.15) is 0 Å². The van der Waals surface area contributed by atoms with E-state index in [9.17, 15) is 13.2 Å². The molecule has 0 unspecified atom stereocenters. The summed E-state index contributed by atoms with van der Waals surface area (Å²) >= 11 is 5.90. The van der Waals surface area contributed by atoms with Gasteiger partial charge in [0.15, 0.2) is 0 Å². The lowest BCUT2D eigenvalue weighted by Gasteiger charge is -2.25. The monoisotopic (exact) mass is 428 g/mol. The minimum Gasteiger partial charge on any atom is -0.325 e. The first-order valence-electron chi connectivity index (χ1n) is 8.98. The molecule has 0 spiro atoms. The second-order valence-electron chi connectivity index (χ2n) is 6.67. The van der Waals surface area contributed by atoms with Gasteiger partial charge in [0.2, 0.25) is 5.91 Å². The summed E-state index contributed by atoms with van der Waals surface area (Å²) in [5.74, 6) is -0.436. The summed E-state index contributed by atoms with van der Waals surface area (Å²) in [6.07, 6.45) is 0. The Morgan fingerprint density at radius 3 is 2.17 bits per heavy atom. The summed E-state index contributed by atoms with van der Waals surface area (Å²) in [7, 11) is -3.97. The number of nitrogens with zero attached hydrogens (tertiary/aromatic N) is 1. The highest BCUT2D eigenvalue weighted by molar-refractivity contribution is 7.92. The Balaban J connectivity index is 1.95. The fourth-order valence-electron chi connectivity index (χ4n) is 2.84. The largest absolute Gasteiger partial charge is 0.325 e. The number of halogens is 1. The number of para-hydroxylation sites is 1. The molecule has 3 rings (SSSR count). The van der Waals surface area contributed by atoms with E-state index in [2.05, 4.69) is 5.32 Å². The van der Waals surface area contributed by atoms with Crippen LogP contribution in [0.3, 0.4) is 0 Å². The van der Waals surface area contributed by atoms with Crippen LogP contribution in [0, 0.1) is 13.8 Å². The van der Waals surface area contributed by atoms with E-state index in [1.165, 1.54) is 24.3 Å². The molecular weight excluding hydrogens is 408 g/mol. The van der Waals surface area contributed by atoms with Gasteiger partial charge in [0.05, 0.1) is 10.6 Å². The predicted molar refractivity (Wildman–Crippen MR) is 117 cm³/mol. The predicted octanol–water partition coefficient (Wildman–Crippen LogP) is 4.79. The fraction of sp³-hybridized carbons (Fsp3) is 0.136. The average Bonchev–Trinajstić information content (AvgIpc) is 2.69. The Bertz CT molecular complexity index is 1110. The minimum absolute atomic E-state index is 0.0632. The van der Waals surface area contributed by atoms with Gasteiger partial charge in [0.1, 0.15) is 6.54 Å². The number of sulfonamides is 1. The zero-order valence-corrected chi connectivity index (χ0v) is 17.7. The number of amides is 1. The molecular formula is C22H21ClN2O3S. The molecule has 0 aromatic heterocycles. The van der Waals surface area contributed by atoms with Gasteiger partial charge in [-0.05, 0) is 61.9 Å². The number of carbonyl (C=O) groups excluding carboxylic acids is 1. The highest BCUT2D eigenvalue weighted by Crippen LogP contribution is 2.27. The molecule has 3 aromatic rings. The van der Waals surface area contributed by atoms with E-state index in [0.29, 0.717) is 16.4 Å². The number of nitrogens with one attached hydrogen (secondary N) is 1. The van der Waals surface area contributed by atoms with Gasteiger partial charge >= 0.3 is 0 Å². The third kappa shape index (κ3) is 4.96. The van der Waals surface area contributed by atoms with E-state index in [1.54, 1.807) is 37.3 Å². The highest BCUT2D eigenvalue weighted by atomic mass is 35.5. The maximum Gasteiger partial charge on any atom is 0.264 e. The molecule has 3 aromatic carbocycles. The fourth-order valence-corrected chi connectivity index (χ4v) is 4.46. The number of aryl methyl sites for hydroxylation is 2. The maximum atomic E-state index is 13.3. The van der Waals surface area contributed by atoms with Crippen molar-refractivity contribution in [1.29, 1.82) is 0 Å². The molecule has 0 aliphatic rings. The van der Waals surface area contributed by atoms with E-state index >= 15 is 0 Å². The summed E-state index contributed by atoms with van der Waals surface area (Å²) in [6.45, 7) is 3.39. The molecule has 0 saturated heterocycles. The number of hydrogen-bond donors (Lipinski definition) is 1. The smallest absolute Gasteiger partial charge is 0.264 e. The molecule has 29 heavy (non-hydrogen) atoms. The second kappa shape index (κ2) is 8.68. The number of anilines is 2. The van der Waals surface area contributed by atoms with Crippen LogP contribution in [0.5, 0.6) is 0 Å². The summed E-state index contributed by atoms with van der Waals surface area (Å²) in [4.78, 5) is 12.7. The van der Waals surface area contributed by atoms with Gasteiger partial charge in [-0.3, -0.25) is 9.10 Å². The molecule has 150 valence electrons. The van der Waals surface area contributed by atoms with E-state index in [1.807, 2.05) is 25.1 Å². The molecule has 0 fully saturated rings. The SMILES string of the molecule is Cc1ccc(NC(=O)CN(c2ccccc2C)S(=O)(=O)c2ccc(Cl)cc2)cc1. The maximum absolute atomic E-state index is 13.3. The van der Waals surface area contributed by atoms with Crippen molar-refractivity contribution < 1.29 is 13.2 Å². The van der Waals surface area contributed by atoms with Crippen molar-refractivity contribution >= 4 is 38.9 Å². The van der Waals surface area contributed by atoms with Crippen LogP contribution in [0.1, 0.15) is 11.1 Å². The van der Waals surface area contributed by atoms with Crippen LogP contribution in [0.2, 0.25) is 5.02 Å². The number of benzene rings is 3. The third-order valence-corrected chi connectivity index (χ3v) is 6.43. The molecule has 7 heteroatoms. The first kappa shape index (κ1) is 20.9. The van der Waals surface area contributed by atoms with Gasteiger partial charge in [0.25, 0.3) is 10.0 Å². The van der Waals surface area contributed by atoms with Crippen LogP contribution < -0.4 is 9.62 Å². The first-order chi connectivity index (χ1) is 13.8. The Kier molecular flexibility index (Phi) is 6.25. The van der Waals surface area contributed by atoms with Crippen LogP contribution in [-0.2, 0) is 14.8 Å². The van der Waals surface area contributed by atoms with Crippen LogP contribution in [0.25, 0.3) is 0 Å². The van der Waals surface area contributed by atoms with Crippen LogP contribution in [0.4, 0.5) is 11.4 Å². The van der Waals surface area contributed by atoms with Crippen molar-refractivity contribution in [3.05, 3.63) is 88.9 Å². The van der Waals surface area contributed by atoms with Crippen molar-refractivity contribution in [2.45, 2.75) is 18.7 Å². The van der Waals surface area contributed by atoms with Crippen molar-refractivity contribution in [1.82, 2.24) is 0 Å². The van der Waals surface area contributed by atoms with Crippen molar-refractivity contribution in [2.24, 2.45) is 0 Å². The Labute approximate surface area is 176 Å². The lowest BCUT2D eigenvalue weighted by atomic mass is 10.2. The van der Waals surface area contributed by atoms with Crippen molar-refractivity contribution in [3.8, 4) is 0 Å². The van der Waals surface area contributed by atoms with Gasteiger partial charge in [-0.25, -0.2) is 8.42 Å². The van der Waals surface area contributed by atoms with Gasteiger partial charge in [0, 0.05) is 10.7 Å². The lowest BCUT2D eigenvalue weighted by Crippen LogP contribution is -2.38. The van der Waals surface area contributed by atoms with Crippen molar-refractivity contribution in [2.75, 3.05) is 16.2 Å². The van der Waals surface area contributed by atoms with Gasteiger partial charge < -0.3 is 5.32 Å². The van der Waals surface area contributed by atoms with E-state index < -0.39 is 15.9 Å². The normalized spacial score (nSPS) is 11.1. The van der Waals surface area contributed by atoms with E-state index in [4.69, 9.17) is 11.6 Å². The minimum atomic E-state index is -3.97. The van der Waals surface area contributed by atoms with Crippen LogP contribution in [0.15, 0.2) is 77.7 Å². The first-order valence-corrected chi connectivity index (χ1v) is 10.8. The van der Waals surface area contributed by atoms with E-state index in [0.717, 1.165) is 15.4 Å². The molecule has 0 saturated carbocycles. The summed E-state index contributed by atoms with van der Waals surface area (Å²) < 4.78 is 27.8. The van der Waals surface area contributed by atoms with Gasteiger partial charge in [-0.1, -0.05) is 47.5 Å². The third-order valence-electron chi connectivity index (χ3n) is 4.41. The number of hydrogen-bond acceptors (Lipinski definition) is 3. The standard InChI is InChI=1S/C22H21ClN2O3S/c1-16-7-11-19(12-8-16)24-22(26)15-25(21-6-4-3-5-17(21)2)29(27,28)20-13-9-18(23)10-14-20/h3-14H,15H2,1-2H3,(H,24,26).